The van der Waals surface area contributed by atoms with Gasteiger partial charge in [-0.3, -0.25) is 4.79 Å². The maximum absolute atomic E-state index is 12.0. The van der Waals surface area contributed by atoms with E-state index in [0.717, 1.165) is 10.0 Å². The number of rotatable bonds is 4. The molecule has 2 rings (SSSR count). The molecule has 1 amide bonds. The SMILES string of the molecule is Cc1ccc(Br)cc1C(=O)NC[C@@H](O)c1ccco1. The van der Waals surface area contributed by atoms with Crippen molar-refractivity contribution in [1.82, 2.24) is 5.32 Å². The molecule has 2 aromatic rings. The number of furan rings is 1. The molecule has 1 atom stereocenters. The normalized spacial score (nSPS) is 12.2. The molecule has 0 aliphatic carbocycles. The number of nitrogens with one attached hydrogen (secondary N) is 1. The van der Waals surface area contributed by atoms with Gasteiger partial charge in [0.25, 0.3) is 5.91 Å². The van der Waals surface area contributed by atoms with Crippen LogP contribution in [0, 0.1) is 6.92 Å². The van der Waals surface area contributed by atoms with Gasteiger partial charge in [-0.2, -0.15) is 0 Å². The standard InChI is InChI=1S/C14H14BrNO3/c1-9-4-5-10(15)7-11(9)14(18)16-8-12(17)13-3-2-6-19-13/h2-7,12,17H,8H2,1H3,(H,16,18)/t12-/m1/s1. The quantitative estimate of drug-likeness (QED) is 0.909. The molecule has 1 aromatic heterocycles. The fourth-order valence-electron chi connectivity index (χ4n) is 1.70. The summed E-state index contributed by atoms with van der Waals surface area (Å²) in [6.45, 7) is 1.97. The molecule has 1 heterocycles. The predicted octanol–water partition coefficient (Wildman–Crippen LogP) is 2.81. The van der Waals surface area contributed by atoms with Crippen molar-refractivity contribution < 1.29 is 14.3 Å². The van der Waals surface area contributed by atoms with Crippen LogP contribution < -0.4 is 5.32 Å². The topological polar surface area (TPSA) is 62.5 Å². The van der Waals surface area contributed by atoms with E-state index in [1.165, 1.54) is 6.26 Å². The van der Waals surface area contributed by atoms with Gasteiger partial charge >= 0.3 is 0 Å². The molecule has 0 saturated carbocycles. The molecule has 19 heavy (non-hydrogen) atoms. The molecule has 0 aliphatic heterocycles. The van der Waals surface area contributed by atoms with Crippen LogP contribution in [0.4, 0.5) is 0 Å². The van der Waals surface area contributed by atoms with Crippen molar-refractivity contribution in [3.63, 3.8) is 0 Å². The molecule has 0 aliphatic rings. The van der Waals surface area contributed by atoms with Crippen LogP contribution >= 0.6 is 15.9 Å². The monoisotopic (exact) mass is 323 g/mol. The van der Waals surface area contributed by atoms with Gasteiger partial charge < -0.3 is 14.8 Å². The largest absolute Gasteiger partial charge is 0.467 e. The Bertz CT molecular complexity index is 566. The summed E-state index contributed by atoms with van der Waals surface area (Å²) in [7, 11) is 0. The number of carbonyl (C=O) groups excluding carboxylic acids is 1. The fourth-order valence-corrected chi connectivity index (χ4v) is 2.07. The van der Waals surface area contributed by atoms with E-state index in [4.69, 9.17) is 4.42 Å². The molecule has 100 valence electrons. The Morgan fingerprint density at radius 2 is 2.26 bits per heavy atom. The zero-order valence-electron chi connectivity index (χ0n) is 10.4. The number of aliphatic hydroxyl groups excluding tert-OH is 1. The minimum Gasteiger partial charge on any atom is -0.467 e. The van der Waals surface area contributed by atoms with Crippen molar-refractivity contribution in [3.05, 3.63) is 58.0 Å². The molecule has 0 radical (unpaired) electrons. The third-order valence-corrected chi connectivity index (χ3v) is 3.27. The van der Waals surface area contributed by atoms with Crippen LogP contribution in [-0.2, 0) is 0 Å². The zero-order valence-corrected chi connectivity index (χ0v) is 12.0. The first-order valence-corrected chi connectivity index (χ1v) is 6.63. The summed E-state index contributed by atoms with van der Waals surface area (Å²) in [6.07, 6.45) is 0.644. The lowest BCUT2D eigenvalue weighted by molar-refractivity contribution is 0.0900. The molecule has 0 unspecified atom stereocenters. The summed E-state index contributed by atoms with van der Waals surface area (Å²) in [5.74, 6) is 0.218. The molecule has 5 heteroatoms. The first-order chi connectivity index (χ1) is 9.08. The van der Waals surface area contributed by atoms with E-state index < -0.39 is 6.10 Å². The number of halogens is 1. The highest BCUT2D eigenvalue weighted by Gasteiger charge is 2.14. The molecular formula is C14H14BrNO3. The van der Waals surface area contributed by atoms with E-state index >= 15 is 0 Å². The Labute approximate surface area is 119 Å². The lowest BCUT2D eigenvalue weighted by atomic mass is 10.1. The smallest absolute Gasteiger partial charge is 0.251 e. The summed E-state index contributed by atoms with van der Waals surface area (Å²) in [4.78, 5) is 12.0. The van der Waals surface area contributed by atoms with Crippen molar-refractivity contribution in [3.8, 4) is 0 Å². The first kappa shape index (κ1) is 13.8. The van der Waals surface area contributed by atoms with Gasteiger partial charge in [0.1, 0.15) is 11.9 Å². The number of aliphatic hydroxyl groups is 1. The number of carbonyl (C=O) groups is 1. The van der Waals surface area contributed by atoms with Crippen LogP contribution in [0.15, 0.2) is 45.5 Å². The van der Waals surface area contributed by atoms with E-state index in [1.54, 1.807) is 18.2 Å². The lowest BCUT2D eigenvalue weighted by Crippen LogP contribution is -2.28. The zero-order chi connectivity index (χ0) is 13.8. The Kier molecular flexibility index (Phi) is 4.39. The second kappa shape index (κ2) is 6.04. The van der Waals surface area contributed by atoms with Crippen LogP contribution in [0.25, 0.3) is 0 Å². The van der Waals surface area contributed by atoms with Crippen LogP contribution in [-0.4, -0.2) is 17.6 Å². The van der Waals surface area contributed by atoms with Gasteiger partial charge in [0, 0.05) is 10.0 Å². The van der Waals surface area contributed by atoms with Crippen molar-refractivity contribution in [2.75, 3.05) is 6.54 Å². The van der Waals surface area contributed by atoms with Gasteiger partial charge in [0.05, 0.1) is 12.8 Å². The third-order valence-electron chi connectivity index (χ3n) is 2.77. The molecule has 0 fully saturated rings. The van der Waals surface area contributed by atoms with Crippen LogP contribution in [0.3, 0.4) is 0 Å². The molecular weight excluding hydrogens is 310 g/mol. The van der Waals surface area contributed by atoms with E-state index in [9.17, 15) is 9.90 Å². The molecule has 4 nitrogen and oxygen atoms in total. The Morgan fingerprint density at radius 3 is 2.95 bits per heavy atom. The lowest BCUT2D eigenvalue weighted by Gasteiger charge is -2.11. The summed E-state index contributed by atoms with van der Waals surface area (Å²) >= 11 is 3.33. The average molecular weight is 324 g/mol. The summed E-state index contributed by atoms with van der Waals surface area (Å²) in [5, 5.41) is 12.5. The number of hydrogen-bond donors (Lipinski definition) is 2. The van der Waals surface area contributed by atoms with E-state index in [0.29, 0.717) is 11.3 Å². The minimum atomic E-state index is -0.841. The highest BCUT2D eigenvalue weighted by atomic mass is 79.9. The van der Waals surface area contributed by atoms with Crippen LogP contribution in [0.1, 0.15) is 27.8 Å². The number of aryl methyl sites for hydroxylation is 1. The second-order valence-corrected chi connectivity index (χ2v) is 5.12. The molecule has 2 N–H and O–H groups in total. The van der Waals surface area contributed by atoms with Gasteiger partial charge in [0.2, 0.25) is 0 Å². The first-order valence-electron chi connectivity index (χ1n) is 5.83. The van der Waals surface area contributed by atoms with E-state index in [2.05, 4.69) is 21.2 Å². The number of benzene rings is 1. The maximum atomic E-state index is 12.0. The maximum Gasteiger partial charge on any atom is 0.251 e. The molecule has 1 aromatic carbocycles. The highest BCUT2D eigenvalue weighted by Crippen LogP contribution is 2.16. The summed E-state index contributed by atoms with van der Waals surface area (Å²) < 4.78 is 5.91. The second-order valence-electron chi connectivity index (χ2n) is 4.20. The van der Waals surface area contributed by atoms with Gasteiger partial charge in [-0.15, -0.1) is 0 Å². The van der Waals surface area contributed by atoms with Crippen LogP contribution in [0.5, 0.6) is 0 Å². The third kappa shape index (κ3) is 3.45. The van der Waals surface area contributed by atoms with Crippen LogP contribution in [0.2, 0.25) is 0 Å². The van der Waals surface area contributed by atoms with E-state index in [1.807, 2.05) is 19.1 Å². The summed E-state index contributed by atoms with van der Waals surface area (Å²) in [6, 6.07) is 8.86. The van der Waals surface area contributed by atoms with Crippen molar-refractivity contribution in [2.24, 2.45) is 0 Å². The Balaban J connectivity index is 2.00. The fraction of sp³-hybridized carbons (Fsp3) is 0.214. The van der Waals surface area contributed by atoms with Gasteiger partial charge in [-0.1, -0.05) is 22.0 Å². The van der Waals surface area contributed by atoms with Crippen molar-refractivity contribution >= 4 is 21.8 Å². The van der Waals surface area contributed by atoms with Crippen molar-refractivity contribution in [1.29, 1.82) is 0 Å². The Hall–Kier alpha value is -1.59. The minimum absolute atomic E-state index is 0.109. The van der Waals surface area contributed by atoms with E-state index in [-0.39, 0.29) is 12.5 Å². The molecule has 0 spiro atoms. The molecule has 0 saturated heterocycles. The van der Waals surface area contributed by atoms with Gasteiger partial charge in [-0.25, -0.2) is 0 Å². The van der Waals surface area contributed by atoms with Gasteiger partial charge in [0.15, 0.2) is 0 Å². The molecule has 0 bridgehead atoms. The highest BCUT2D eigenvalue weighted by molar-refractivity contribution is 9.10. The van der Waals surface area contributed by atoms with Crippen molar-refractivity contribution in [2.45, 2.75) is 13.0 Å². The average Bonchev–Trinajstić information content (AvgIpc) is 2.92. The predicted molar refractivity (Wildman–Crippen MR) is 74.9 cm³/mol. The number of hydrogen-bond acceptors (Lipinski definition) is 3. The summed E-state index contributed by atoms with van der Waals surface area (Å²) in [5.41, 5.74) is 1.47. The number of amides is 1. The van der Waals surface area contributed by atoms with Gasteiger partial charge in [-0.05, 0) is 36.8 Å². The Morgan fingerprint density at radius 1 is 1.47 bits per heavy atom.